The third kappa shape index (κ3) is 1.65. The first-order valence-corrected chi connectivity index (χ1v) is 4.31. The molecule has 2 rings (SSSR count). The van der Waals surface area contributed by atoms with Gasteiger partial charge in [-0.15, -0.1) is 0 Å². The Kier molecular flexibility index (Phi) is 2.28. The highest BCUT2D eigenvalue weighted by Gasteiger charge is 1.99. The summed E-state index contributed by atoms with van der Waals surface area (Å²) in [6.45, 7) is 0. The largest absolute Gasteiger partial charge is 0.269 e. The van der Waals surface area contributed by atoms with Crippen LogP contribution in [0, 0.1) is 0 Å². The van der Waals surface area contributed by atoms with Crippen LogP contribution in [0.5, 0.6) is 0 Å². The van der Waals surface area contributed by atoms with Gasteiger partial charge in [0.05, 0.1) is 0 Å². The van der Waals surface area contributed by atoms with E-state index in [4.69, 9.17) is 11.6 Å². The van der Waals surface area contributed by atoms with E-state index in [1.165, 1.54) is 23.0 Å². The molecule has 70 valence electrons. The van der Waals surface area contributed by atoms with E-state index in [2.05, 4.69) is 9.97 Å². The number of hydrogen-bond acceptors (Lipinski definition) is 3. The van der Waals surface area contributed by atoms with Gasteiger partial charge in [-0.2, -0.15) is 0 Å². The van der Waals surface area contributed by atoms with E-state index in [0.29, 0.717) is 11.0 Å². The molecule has 2 heterocycles. The standard InChI is InChI=1S/C9H6ClN3O/c10-7-5-8(12-6-11-7)13-4-2-1-3-9(13)14/h1-6H. The van der Waals surface area contributed by atoms with Gasteiger partial charge in [-0.25, -0.2) is 9.97 Å². The van der Waals surface area contributed by atoms with Crippen LogP contribution in [0.15, 0.2) is 41.6 Å². The number of nitrogens with zero attached hydrogens (tertiary/aromatic N) is 3. The molecule has 0 spiro atoms. The average Bonchev–Trinajstić information content (AvgIpc) is 2.18. The molecule has 0 saturated carbocycles. The second kappa shape index (κ2) is 3.59. The van der Waals surface area contributed by atoms with Gasteiger partial charge in [-0.1, -0.05) is 17.7 Å². The smallest absolute Gasteiger partial charge is 0.256 e. The van der Waals surface area contributed by atoms with E-state index in [1.807, 2.05) is 0 Å². The van der Waals surface area contributed by atoms with Gasteiger partial charge in [0.1, 0.15) is 17.3 Å². The fourth-order valence-electron chi connectivity index (χ4n) is 1.07. The summed E-state index contributed by atoms with van der Waals surface area (Å²) in [7, 11) is 0. The van der Waals surface area contributed by atoms with Crippen molar-refractivity contribution in [2.75, 3.05) is 0 Å². The normalized spacial score (nSPS) is 10.1. The molecular formula is C9H6ClN3O. The number of rotatable bonds is 1. The summed E-state index contributed by atoms with van der Waals surface area (Å²) in [5, 5.41) is 0.311. The van der Waals surface area contributed by atoms with Crippen molar-refractivity contribution >= 4 is 11.6 Å². The van der Waals surface area contributed by atoms with Crippen LogP contribution in [0.4, 0.5) is 0 Å². The first-order chi connectivity index (χ1) is 6.77. The Hall–Kier alpha value is -1.68. The van der Waals surface area contributed by atoms with Gasteiger partial charge in [0.2, 0.25) is 0 Å². The van der Waals surface area contributed by atoms with Crippen LogP contribution in [0.3, 0.4) is 0 Å². The molecule has 4 nitrogen and oxygen atoms in total. The summed E-state index contributed by atoms with van der Waals surface area (Å²) in [6, 6.07) is 6.40. The topological polar surface area (TPSA) is 47.8 Å². The van der Waals surface area contributed by atoms with Gasteiger partial charge in [-0.3, -0.25) is 9.36 Å². The van der Waals surface area contributed by atoms with E-state index in [1.54, 1.807) is 18.3 Å². The first-order valence-electron chi connectivity index (χ1n) is 3.93. The third-order valence-corrected chi connectivity index (χ3v) is 1.90. The van der Waals surface area contributed by atoms with Crippen molar-refractivity contribution in [3.05, 3.63) is 52.3 Å². The van der Waals surface area contributed by atoms with Gasteiger partial charge >= 0.3 is 0 Å². The SMILES string of the molecule is O=c1ccccn1-c1cc(Cl)ncn1. The highest BCUT2D eigenvalue weighted by molar-refractivity contribution is 6.29. The zero-order valence-electron chi connectivity index (χ0n) is 7.09. The number of aromatic nitrogens is 3. The molecule has 14 heavy (non-hydrogen) atoms. The number of halogens is 1. The van der Waals surface area contributed by atoms with Crippen LogP contribution in [0.25, 0.3) is 5.82 Å². The third-order valence-electron chi connectivity index (χ3n) is 1.69. The summed E-state index contributed by atoms with van der Waals surface area (Å²) in [6.07, 6.45) is 2.94. The molecule has 0 aromatic carbocycles. The maximum absolute atomic E-state index is 11.4. The monoisotopic (exact) mass is 207 g/mol. The molecule has 0 atom stereocenters. The second-order valence-corrected chi connectivity index (χ2v) is 3.00. The van der Waals surface area contributed by atoms with Crippen LogP contribution in [0.2, 0.25) is 5.15 Å². The Morgan fingerprint density at radius 1 is 1.29 bits per heavy atom. The maximum atomic E-state index is 11.4. The van der Waals surface area contributed by atoms with Crippen LogP contribution < -0.4 is 5.56 Å². The maximum Gasteiger partial charge on any atom is 0.256 e. The molecule has 0 unspecified atom stereocenters. The Morgan fingerprint density at radius 3 is 2.86 bits per heavy atom. The number of hydrogen-bond donors (Lipinski definition) is 0. The lowest BCUT2D eigenvalue weighted by atomic mass is 10.4. The first kappa shape index (κ1) is 8.90. The molecule has 2 aromatic heterocycles. The van der Waals surface area contributed by atoms with Gasteiger partial charge in [0, 0.05) is 18.3 Å². The summed E-state index contributed by atoms with van der Waals surface area (Å²) in [4.78, 5) is 19.1. The van der Waals surface area contributed by atoms with Gasteiger partial charge in [0.15, 0.2) is 0 Å². The molecule has 0 N–H and O–H groups in total. The van der Waals surface area contributed by atoms with Gasteiger partial charge in [-0.05, 0) is 6.07 Å². The zero-order chi connectivity index (χ0) is 9.97. The van der Waals surface area contributed by atoms with Crippen molar-refractivity contribution < 1.29 is 0 Å². The van der Waals surface area contributed by atoms with E-state index >= 15 is 0 Å². The minimum atomic E-state index is -0.151. The van der Waals surface area contributed by atoms with Gasteiger partial charge < -0.3 is 0 Å². The zero-order valence-corrected chi connectivity index (χ0v) is 7.85. The van der Waals surface area contributed by atoms with Crippen LogP contribution >= 0.6 is 11.6 Å². The molecule has 0 radical (unpaired) electrons. The minimum absolute atomic E-state index is 0.151. The fraction of sp³-hybridized carbons (Fsp3) is 0. The van der Waals surface area contributed by atoms with Crippen molar-refractivity contribution in [2.45, 2.75) is 0 Å². The second-order valence-electron chi connectivity index (χ2n) is 2.61. The molecule has 2 aromatic rings. The summed E-state index contributed by atoms with van der Waals surface area (Å²) < 4.78 is 1.40. The Labute approximate surface area is 84.8 Å². The summed E-state index contributed by atoms with van der Waals surface area (Å²) in [5.41, 5.74) is -0.151. The van der Waals surface area contributed by atoms with Crippen LogP contribution in [-0.2, 0) is 0 Å². The van der Waals surface area contributed by atoms with Crippen molar-refractivity contribution in [1.29, 1.82) is 0 Å². The molecule has 0 amide bonds. The van der Waals surface area contributed by atoms with Crippen molar-refractivity contribution in [2.24, 2.45) is 0 Å². The summed E-state index contributed by atoms with van der Waals surface area (Å²) in [5.74, 6) is 0.468. The molecule has 0 aliphatic heterocycles. The molecule has 5 heteroatoms. The Balaban J connectivity index is 2.61. The number of pyridine rings is 1. The predicted molar refractivity (Wildman–Crippen MR) is 52.6 cm³/mol. The van der Waals surface area contributed by atoms with Gasteiger partial charge in [0.25, 0.3) is 5.56 Å². The average molecular weight is 208 g/mol. The van der Waals surface area contributed by atoms with Crippen molar-refractivity contribution in [3.8, 4) is 5.82 Å². The lowest BCUT2D eigenvalue weighted by Gasteiger charge is -2.02. The highest BCUT2D eigenvalue weighted by Crippen LogP contribution is 2.06. The lowest BCUT2D eigenvalue weighted by Crippen LogP contribution is -2.16. The molecule has 0 aliphatic rings. The Bertz CT molecular complexity index is 509. The quantitative estimate of drug-likeness (QED) is 0.662. The lowest BCUT2D eigenvalue weighted by molar-refractivity contribution is 0.926. The fourth-order valence-corrected chi connectivity index (χ4v) is 1.21. The van der Waals surface area contributed by atoms with Crippen LogP contribution in [0.1, 0.15) is 0 Å². The van der Waals surface area contributed by atoms with E-state index < -0.39 is 0 Å². The van der Waals surface area contributed by atoms with E-state index in [9.17, 15) is 4.79 Å². The van der Waals surface area contributed by atoms with Crippen molar-refractivity contribution in [1.82, 2.24) is 14.5 Å². The molecule has 0 saturated heterocycles. The predicted octanol–water partition coefficient (Wildman–Crippen LogP) is 1.28. The van der Waals surface area contributed by atoms with Crippen molar-refractivity contribution in [3.63, 3.8) is 0 Å². The van der Waals surface area contributed by atoms with E-state index in [-0.39, 0.29) is 5.56 Å². The molecular weight excluding hydrogens is 202 g/mol. The molecule has 0 bridgehead atoms. The molecule has 0 fully saturated rings. The highest BCUT2D eigenvalue weighted by atomic mass is 35.5. The van der Waals surface area contributed by atoms with E-state index in [0.717, 1.165) is 0 Å². The summed E-state index contributed by atoms with van der Waals surface area (Å²) >= 11 is 5.68. The Morgan fingerprint density at radius 2 is 2.14 bits per heavy atom. The molecule has 0 aliphatic carbocycles. The van der Waals surface area contributed by atoms with Crippen LogP contribution in [-0.4, -0.2) is 14.5 Å². The minimum Gasteiger partial charge on any atom is -0.269 e.